The molecule has 0 saturated heterocycles. The van der Waals surface area contributed by atoms with Crippen LogP contribution in [0, 0.1) is 5.92 Å². The van der Waals surface area contributed by atoms with Crippen molar-refractivity contribution in [2.75, 3.05) is 0 Å². The summed E-state index contributed by atoms with van der Waals surface area (Å²) >= 11 is 0. The largest absolute Gasteiger partial charge is 0.327 e. The van der Waals surface area contributed by atoms with Gasteiger partial charge in [-0.2, -0.15) is 0 Å². The van der Waals surface area contributed by atoms with Gasteiger partial charge in [0.2, 0.25) is 0 Å². The minimum atomic E-state index is 0.124. The van der Waals surface area contributed by atoms with Crippen LogP contribution in [0.2, 0.25) is 0 Å². The molecule has 92 valence electrons. The zero-order valence-electron chi connectivity index (χ0n) is 10.3. The maximum absolute atomic E-state index is 12.0. The van der Waals surface area contributed by atoms with E-state index in [9.17, 15) is 4.79 Å². The molecule has 0 heterocycles. The summed E-state index contributed by atoms with van der Waals surface area (Å²) in [5.74, 6) is 0.525. The summed E-state index contributed by atoms with van der Waals surface area (Å²) in [5.41, 5.74) is 7.26. The topological polar surface area (TPSA) is 43.1 Å². The Morgan fingerprint density at radius 1 is 1.24 bits per heavy atom. The number of hydrogen-bond acceptors (Lipinski definition) is 2. The predicted octanol–water partition coefficient (Wildman–Crippen LogP) is 2.71. The molecule has 2 N–H and O–H groups in total. The number of nitrogens with two attached hydrogens (primary N) is 1. The second kappa shape index (κ2) is 5.97. The highest BCUT2D eigenvalue weighted by molar-refractivity contribution is 5.82. The summed E-state index contributed by atoms with van der Waals surface area (Å²) < 4.78 is 0. The van der Waals surface area contributed by atoms with E-state index in [1.54, 1.807) is 0 Å². The SMILES string of the molecule is NC1CCCC1C(=O)CCCc1ccccc1. The molecule has 2 rings (SSSR count). The third-order valence-corrected chi connectivity index (χ3v) is 3.71. The van der Waals surface area contributed by atoms with Crippen LogP contribution in [-0.4, -0.2) is 11.8 Å². The Hall–Kier alpha value is -1.15. The Kier molecular flexibility index (Phi) is 4.32. The molecule has 1 aromatic carbocycles. The van der Waals surface area contributed by atoms with Crippen molar-refractivity contribution in [2.45, 2.75) is 44.6 Å². The number of aryl methyl sites for hydroxylation is 1. The lowest BCUT2D eigenvalue weighted by atomic mass is 9.94. The van der Waals surface area contributed by atoms with Gasteiger partial charge in [-0.05, 0) is 31.2 Å². The molecule has 17 heavy (non-hydrogen) atoms. The molecule has 1 aliphatic carbocycles. The molecule has 0 amide bonds. The van der Waals surface area contributed by atoms with Crippen LogP contribution in [0.1, 0.15) is 37.7 Å². The quantitative estimate of drug-likeness (QED) is 0.846. The van der Waals surface area contributed by atoms with Gasteiger partial charge < -0.3 is 5.73 Å². The Labute approximate surface area is 103 Å². The third-order valence-electron chi connectivity index (χ3n) is 3.71. The van der Waals surface area contributed by atoms with E-state index >= 15 is 0 Å². The van der Waals surface area contributed by atoms with Crippen LogP contribution < -0.4 is 5.73 Å². The number of carbonyl (C=O) groups excluding carboxylic acids is 1. The van der Waals surface area contributed by atoms with E-state index in [1.165, 1.54) is 5.56 Å². The zero-order chi connectivity index (χ0) is 12.1. The van der Waals surface area contributed by atoms with Crippen molar-refractivity contribution in [2.24, 2.45) is 11.7 Å². The van der Waals surface area contributed by atoms with Gasteiger partial charge >= 0.3 is 0 Å². The van der Waals surface area contributed by atoms with Crippen molar-refractivity contribution in [3.05, 3.63) is 35.9 Å². The first-order valence-electron chi connectivity index (χ1n) is 6.59. The highest BCUT2D eigenvalue weighted by atomic mass is 16.1. The van der Waals surface area contributed by atoms with Gasteiger partial charge in [0, 0.05) is 18.4 Å². The molecule has 1 fully saturated rings. The van der Waals surface area contributed by atoms with Crippen molar-refractivity contribution in [1.29, 1.82) is 0 Å². The summed E-state index contributed by atoms with van der Waals surface area (Å²) in [6, 6.07) is 10.5. The number of carbonyl (C=O) groups is 1. The van der Waals surface area contributed by atoms with Gasteiger partial charge in [-0.25, -0.2) is 0 Å². The van der Waals surface area contributed by atoms with Gasteiger partial charge in [-0.15, -0.1) is 0 Å². The van der Waals surface area contributed by atoms with Crippen LogP contribution in [0.5, 0.6) is 0 Å². The molecule has 2 heteroatoms. The van der Waals surface area contributed by atoms with Gasteiger partial charge in [0.15, 0.2) is 0 Å². The predicted molar refractivity (Wildman–Crippen MR) is 69.7 cm³/mol. The highest BCUT2D eigenvalue weighted by Gasteiger charge is 2.29. The summed E-state index contributed by atoms with van der Waals surface area (Å²) in [7, 11) is 0. The number of hydrogen-bond donors (Lipinski definition) is 1. The van der Waals surface area contributed by atoms with E-state index in [0.29, 0.717) is 12.2 Å². The maximum Gasteiger partial charge on any atom is 0.137 e. The van der Waals surface area contributed by atoms with E-state index in [1.807, 2.05) is 18.2 Å². The lowest BCUT2D eigenvalue weighted by Gasteiger charge is -2.13. The summed E-state index contributed by atoms with van der Waals surface area (Å²) in [5, 5.41) is 0. The smallest absolute Gasteiger partial charge is 0.137 e. The Morgan fingerprint density at radius 2 is 2.00 bits per heavy atom. The first-order chi connectivity index (χ1) is 8.27. The van der Waals surface area contributed by atoms with Gasteiger partial charge in [-0.3, -0.25) is 4.79 Å². The fourth-order valence-corrected chi connectivity index (χ4v) is 2.69. The molecular weight excluding hydrogens is 210 g/mol. The monoisotopic (exact) mass is 231 g/mol. The maximum atomic E-state index is 12.0. The molecule has 2 unspecified atom stereocenters. The van der Waals surface area contributed by atoms with Crippen LogP contribution in [0.4, 0.5) is 0 Å². The van der Waals surface area contributed by atoms with Crippen molar-refractivity contribution in [1.82, 2.24) is 0 Å². The molecule has 0 radical (unpaired) electrons. The van der Waals surface area contributed by atoms with Crippen molar-refractivity contribution < 1.29 is 4.79 Å². The molecule has 0 aromatic heterocycles. The first-order valence-corrected chi connectivity index (χ1v) is 6.59. The van der Waals surface area contributed by atoms with Crippen LogP contribution in [0.25, 0.3) is 0 Å². The molecule has 0 spiro atoms. The number of rotatable bonds is 5. The average Bonchev–Trinajstić information content (AvgIpc) is 2.77. The molecule has 1 saturated carbocycles. The number of Topliss-reactive ketones (excluding diaryl/α,β-unsaturated/α-hetero) is 1. The lowest BCUT2D eigenvalue weighted by molar-refractivity contribution is -0.123. The Morgan fingerprint density at radius 3 is 2.65 bits per heavy atom. The van der Waals surface area contributed by atoms with Crippen LogP contribution in [0.15, 0.2) is 30.3 Å². The summed E-state index contributed by atoms with van der Waals surface area (Å²) in [6.45, 7) is 0. The molecule has 2 atom stereocenters. The van der Waals surface area contributed by atoms with E-state index < -0.39 is 0 Å². The molecule has 0 bridgehead atoms. The summed E-state index contributed by atoms with van der Waals surface area (Å²) in [4.78, 5) is 12.0. The van der Waals surface area contributed by atoms with E-state index in [-0.39, 0.29) is 12.0 Å². The highest BCUT2D eigenvalue weighted by Crippen LogP contribution is 2.26. The molecule has 0 aliphatic heterocycles. The zero-order valence-corrected chi connectivity index (χ0v) is 10.3. The number of benzene rings is 1. The van der Waals surface area contributed by atoms with Gasteiger partial charge in [0.1, 0.15) is 5.78 Å². The van der Waals surface area contributed by atoms with Crippen molar-refractivity contribution >= 4 is 5.78 Å². The van der Waals surface area contributed by atoms with E-state index in [2.05, 4.69) is 12.1 Å². The second-order valence-corrected chi connectivity index (χ2v) is 5.01. The van der Waals surface area contributed by atoms with E-state index in [0.717, 1.165) is 32.1 Å². The van der Waals surface area contributed by atoms with E-state index in [4.69, 9.17) is 5.73 Å². The van der Waals surface area contributed by atoms with Crippen LogP contribution in [-0.2, 0) is 11.2 Å². The summed E-state index contributed by atoms with van der Waals surface area (Å²) in [6.07, 6.45) is 5.78. The standard InChI is InChI=1S/C15H21NO/c16-14-10-5-9-13(14)15(17)11-4-8-12-6-2-1-3-7-12/h1-3,6-7,13-14H,4-5,8-11,16H2. The lowest BCUT2D eigenvalue weighted by Crippen LogP contribution is -2.30. The minimum Gasteiger partial charge on any atom is -0.327 e. The van der Waals surface area contributed by atoms with Gasteiger partial charge in [0.05, 0.1) is 0 Å². The van der Waals surface area contributed by atoms with Crippen molar-refractivity contribution in [3.63, 3.8) is 0 Å². The normalized spacial score (nSPS) is 23.8. The molecule has 1 aliphatic rings. The average molecular weight is 231 g/mol. The molecular formula is C15H21NO. The number of ketones is 1. The second-order valence-electron chi connectivity index (χ2n) is 5.01. The molecule has 1 aromatic rings. The fraction of sp³-hybridized carbons (Fsp3) is 0.533. The fourth-order valence-electron chi connectivity index (χ4n) is 2.69. The molecule has 2 nitrogen and oxygen atoms in total. The van der Waals surface area contributed by atoms with Crippen LogP contribution in [0.3, 0.4) is 0 Å². The minimum absolute atomic E-state index is 0.124. The Bertz CT molecular complexity index is 360. The van der Waals surface area contributed by atoms with Crippen molar-refractivity contribution in [3.8, 4) is 0 Å². The third kappa shape index (κ3) is 3.40. The first kappa shape index (κ1) is 12.3. The Balaban J connectivity index is 1.73. The van der Waals surface area contributed by atoms with Gasteiger partial charge in [0.25, 0.3) is 0 Å². The van der Waals surface area contributed by atoms with Crippen LogP contribution >= 0.6 is 0 Å². The van der Waals surface area contributed by atoms with Gasteiger partial charge in [-0.1, -0.05) is 36.8 Å².